The van der Waals surface area contributed by atoms with Gasteiger partial charge in [-0.15, -0.1) is 0 Å². The molecule has 0 aliphatic carbocycles. The molecule has 0 spiro atoms. The third-order valence-electron chi connectivity index (χ3n) is 3.52. The van der Waals surface area contributed by atoms with Crippen molar-refractivity contribution >= 4 is 11.6 Å². The molecule has 3 nitrogen and oxygen atoms in total. The highest BCUT2D eigenvalue weighted by atomic mass is 16.1. The molecule has 1 amide bonds. The van der Waals surface area contributed by atoms with Crippen molar-refractivity contribution in [3.63, 3.8) is 0 Å². The monoisotopic (exact) mass is 218 g/mol. The highest BCUT2D eigenvalue weighted by Crippen LogP contribution is 2.40. The van der Waals surface area contributed by atoms with E-state index in [0.717, 1.165) is 5.56 Å². The van der Waals surface area contributed by atoms with Crippen LogP contribution in [0.1, 0.15) is 24.0 Å². The lowest BCUT2D eigenvalue weighted by Gasteiger charge is -2.21. The van der Waals surface area contributed by atoms with Gasteiger partial charge >= 0.3 is 0 Å². The second-order valence-corrected chi connectivity index (χ2v) is 4.51. The Hall–Kier alpha value is -1.51. The highest BCUT2D eigenvalue weighted by molar-refractivity contribution is 5.89. The fourth-order valence-corrected chi connectivity index (χ4v) is 2.46. The minimum Gasteiger partial charge on any atom is -0.371 e. The lowest BCUT2D eigenvalue weighted by atomic mass is 9.94. The van der Waals surface area contributed by atoms with Gasteiger partial charge in [-0.05, 0) is 25.5 Å². The number of nitrogens with zero attached hydrogens (tertiary/aromatic N) is 1. The summed E-state index contributed by atoms with van der Waals surface area (Å²) in [6.45, 7) is 4.15. The number of likely N-dealkylation sites (N-methyl/N-ethyl adjacent to an activating group) is 2. The molecule has 0 fully saturated rings. The van der Waals surface area contributed by atoms with Crippen molar-refractivity contribution in [3.8, 4) is 0 Å². The molecule has 1 aliphatic heterocycles. The molecule has 2 rings (SSSR count). The summed E-state index contributed by atoms with van der Waals surface area (Å²) < 4.78 is 0. The van der Waals surface area contributed by atoms with Gasteiger partial charge in [0.1, 0.15) is 0 Å². The van der Waals surface area contributed by atoms with Crippen LogP contribution in [-0.4, -0.2) is 26.0 Å². The van der Waals surface area contributed by atoms with Gasteiger partial charge in [-0.3, -0.25) is 4.79 Å². The zero-order valence-corrected chi connectivity index (χ0v) is 10.2. The first-order valence-corrected chi connectivity index (χ1v) is 5.61. The first kappa shape index (κ1) is 11.0. The van der Waals surface area contributed by atoms with Gasteiger partial charge in [0, 0.05) is 25.8 Å². The summed E-state index contributed by atoms with van der Waals surface area (Å²) in [6, 6.07) is 6.53. The standard InChI is InChI=1S/C13H18N2O/c1-8-5-6-11-10(7-8)12(13(16)14-3)9(2)15(11)4/h5-7,9,12H,1-4H3,(H,14,16). The van der Waals surface area contributed by atoms with Gasteiger partial charge in [0.15, 0.2) is 0 Å². The van der Waals surface area contributed by atoms with Gasteiger partial charge in [-0.2, -0.15) is 0 Å². The predicted molar refractivity (Wildman–Crippen MR) is 65.9 cm³/mol. The van der Waals surface area contributed by atoms with Gasteiger partial charge in [0.25, 0.3) is 0 Å². The van der Waals surface area contributed by atoms with Crippen molar-refractivity contribution in [1.82, 2.24) is 5.32 Å². The second kappa shape index (κ2) is 3.81. The van der Waals surface area contributed by atoms with E-state index in [4.69, 9.17) is 0 Å². The van der Waals surface area contributed by atoms with E-state index in [-0.39, 0.29) is 17.9 Å². The number of hydrogen-bond acceptors (Lipinski definition) is 2. The lowest BCUT2D eigenvalue weighted by molar-refractivity contribution is -0.122. The molecule has 1 N–H and O–H groups in total. The maximum atomic E-state index is 11.9. The van der Waals surface area contributed by atoms with Crippen molar-refractivity contribution in [2.24, 2.45) is 0 Å². The number of fused-ring (bicyclic) bond motifs is 1. The van der Waals surface area contributed by atoms with Crippen molar-refractivity contribution < 1.29 is 4.79 Å². The number of carbonyl (C=O) groups is 1. The van der Waals surface area contributed by atoms with Crippen LogP contribution in [0.3, 0.4) is 0 Å². The fourth-order valence-electron chi connectivity index (χ4n) is 2.46. The highest BCUT2D eigenvalue weighted by Gasteiger charge is 2.37. The van der Waals surface area contributed by atoms with E-state index in [9.17, 15) is 4.79 Å². The first-order chi connectivity index (χ1) is 7.56. The van der Waals surface area contributed by atoms with Crippen LogP contribution in [0.25, 0.3) is 0 Å². The molecule has 3 heteroatoms. The molecule has 16 heavy (non-hydrogen) atoms. The van der Waals surface area contributed by atoms with E-state index in [1.807, 2.05) is 7.05 Å². The SMILES string of the molecule is CNC(=O)C1c2cc(C)ccc2N(C)C1C. The molecule has 0 saturated carbocycles. The van der Waals surface area contributed by atoms with Crippen LogP contribution in [0.4, 0.5) is 5.69 Å². The van der Waals surface area contributed by atoms with Crippen molar-refractivity contribution in [1.29, 1.82) is 0 Å². The zero-order chi connectivity index (χ0) is 11.9. The molecular formula is C13H18N2O. The molecule has 86 valence electrons. The van der Waals surface area contributed by atoms with Gasteiger partial charge in [-0.1, -0.05) is 17.7 Å². The Morgan fingerprint density at radius 3 is 2.75 bits per heavy atom. The number of carbonyl (C=O) groups excluding carboxylic acids is 1. The van der Waals surface area contributed by atoms with Crippen LogP contribution >= 0.6 is 0 Å². The molecule has 1 heterocycles. The summed E-state index contributed by atoms with van der Waals surface area (Å²) in [5.74, 6) is 0.0496. The summed E-state index contributed by atoms with van der Waals surface area (Å²) in [7, 11) is 3.74. The van der Waals surface area contributed by atoms with E-state index in [2.05, 4.69) is 42.3 Å². The van der Waals surface area contributed by atoms with Crippen LogP contribution in [0.2, 0.25) is 0 Å². The molecule has 2 unspecified atom stereocenters. The number of hydrogen-bond donors (Lipinski definition) is 1. The minimum atomic E-state index is -0.0510. The lowest BCUT2D eigenvalue weighted by Crippen LogP contribution is -2.35. The van der Waals surface area contributed by atoms with E-state index in [0.29, 0.717) is 0 Å². The molecule has 0 saturated heterocycles. The largest absolute Gasteiger partial charge is 0.371 e. The third kappa shape index (κ3) is 1.47. The smallest absolute Gasteiger partial charge is 0.229 e. The van der Waals surface area contributed by atoms with Crippen LogP contribution < -0.4 is 10.2 Å². The van der Waals surface area contributed by atoms with Crippen molar-refractivity contribution in [3.05, 3.63) is 29.3 Å². The number of aryl methyl sites for hydroxylation is 1. The van der Waals surface area contributed by atoms with Crippen LogP contribution in [0, 0.1) is 6.92 Å². The molecular weight excluding hydrogens is 200 g/mol. The van der Waals surface area contributed by atoms with E-state index >= 15 is 0 Å². The van der Waals surface area contributed by atoms with Crippen LogP contribution in [0.5, 0.6) is 0 Å². The van der Waals surface area contributed by atoms with Gasteiger partial charge < -0.3 is 10.2 Å². The molecule has 2 atom stereocenters. The Labute approximate surface area is 96.5 Å². The number of amides is 1. The molecule has 1 aromatic carbocycles. The Balaban J connectivity index is 2.51. The summed E-state index contributed by atoms with van der Waals surface area (Å²) in [4.78, 5) is 14.1. The average Bonchev–Trinajstić information content (AvgIpc) is 2.51. The third-order valence-corrected chi connectivity index (χ3v) is 3.52. The number of rotatable bonds is 1. The normalized spacial score (nSPS) is 23.1. The second-order valence-electron chi connectivity index (χ2n) is 4.51. The molecule has 1 aromatic rings. The Kier molecular flexibility index (Phi) is 2.62. The molecule has 1 aliphatic rings. The van der Waals surface area contributed by atoms with E-state index < -0.39 is 0 Å². The Morgan fingerprint density at radius 2 is 2.12 bits per heavy atom. The average molecular weight is 218 g/mol. The zero-order valence-electron chi connectivity index (χ0n) is 10.2. The van der Waals surface area contributed by atoms with E-state index in [1.165, 1.54) is 11.3 Å². The van der Waals surface area contributed by atoms with Gasteiger partial charge in [-0.25, -0.2) is 0 Å². The summed E-state index contributed by atoms with van der Waals surface area (Å²) >= 11 is 0. The van der Waals surface area contributed by atoms with Crippen LogP contribution in [0.15, 0.2) is 18.2 Å². The molecule has 0 aromatic heterocycles. The van der Waals surface area contributed by atoms with Crippen molar-refractivity contribution in [2.75, 3.05) is 19.0 Å². The predicted octanol–water partition coefficient (Wildman–Crippen LogP) is 1.66. The Bertz CT molecular complexity index is 428. The number of benzene rings is 1. The van der Waals surface area contributed by atoms with Crippen molar-refractivity contribution in [2.45, 2.75) is 25.8 Å². The number of anilines is 1. The minimum absolute atomic E-state index is 0.0510. The molecule has 0 radical (unpaired) electrons. The van der Waals surface area contributed by atoms with E-state index in [1.54, 1.807) is 7.05 Å². The van der Waals surface area contributed by atoms with Crippen LogP contribution in [-0.2, 0) is 4.79 Å². The van der Waals surface area contributed by atoms with Gasteiger partial charge in [0.2, 0.25) is 5.91 Å². The Morgan fingerprint density at radius 1 is 1.44 bits per heavy atom. The number of nitrogens with one attached hydrogen (secondary N) is 1. The summed E-state index contributed by atoms with van der Waals surface area (Å²) in [6.07, 6.45) is 0. The first-order valence-electron chi connectivity index (χ1n) is 5.61. The fraction of sp³-hybridized carbons (Fsp3) is 0.462. The maximum Gasteiger partial charge on any atom is 0.229 e. The quantitative estimate of drug-likeness (QED) is 0.777. The topological polar surface area (TPSA) is 32.3 Å². The maximum absolute atomic E-state index is 11.9. The van der Waals surface area contributed by atoms with Gasteiger partial charge in [0.05, 0.1) is 5.92 Å². The summed E-state index contributed by atoms with van der Waals surface area (Å²) in [5.41, 5.74) is 3.52. The molecule has 0 bridgehead atoms. The summed E-state index contributed by atoms with van der Waals surface area (Å²) in [5, 5.41) is 2.75.